The van der Waals surface area contributed by atoms with Crippen LogP contribution in [0.3, 0.4) is 0 Å². The van der Waals surface area contributed by atoms with E-state index >= 15 is 0 Å². The van der Waals surface area contributed by atoms with Crippen LogP contribution in [0.25, 0.3) is 22.3 Å². The molecule has 1 fully saturated rings. The summed E-state index contributed by atoms with van der Waals surface area (Å²) >= 11 is 0. The molecule has 176 valence electrons. The molecule has 33 heavy (non-hydrogen) atoms. The van der Waals surface area contributed by atoms with Gasteiger partial charge in [-0.25, -0.2) is 4.39 Å². The molecule has 1 aliphatic heterocycles. The van der Waals surface area contributed by atoms with Crippen molar-refractivity contribution in [2.75, 3.05) is 38.2 Å². The van der Waals surface area contributed by atoms with Crippen molar-refractivity contribution in [3.63, 3.8) is 0 Å². The largest absolute Gasteiger partial charge is 0.489 e. The number of hydrogen-bond donors (Lipinski definition) is 2. The van der Waals surface area contributed by atoms with Crippen LogP contribution in [-0.4, -0.2) is 51.5 Å². The number of hydrogen-bond acceptors (Lipinski definition) is 6. The smallest absolute Gasteiger partial charge is 0.255 e. The van der Waals surface area contributed by atoms with Gasteiger partial charge in [-0.1, -0.05) is 6.92 Å². The van der Waals surface area contributed by atoms with Crippen molar-refractivity contribution in [3.05, 3.63) is 47.8 Å². The predicted octanol–water partition coefficient (Wildman–Crippen LogP) is 4.16. The second-order valence-electron chi connectivity index (χ2n) is 8.24. The van der Waals surface area contributed by atoms with Gasteiger partial charge in [0.1, 0.15) is 29.1 Å². The third-order valence-corrected chi connectivity index (χ3v) is 5.53. The molecule has 2 heterocycles. The second kappa shape index (κ2) is 9.80. The van der Waals surface area contributed by atoms with Crippen LogP contribution in [0.2, 0.25) is 0 Å². The molecule has 0 radical (unpaired) electrons. The van der Waals surface area contributed by atoms with E-state index in [4.69, 9.17) is 13.9 Å². The number of likely N-dealkylation sites (N-methyl/N-ethyl adjacent to an activating group) is 1. The zero-order chi connectivity index (χ0) is 23.5. The van der Waals surface area contributed by atoms with Crippen molar-refractivity contribution in [2.45, 2.75) is 33.1 Å². The van der Waals surface area contributed by atoms with Crippen molar-refractivity contribution in [1.82, 2.24) is 10.6 Å². The topological polar surface area (TPSA) is 76.0 Å². The third kappa shape index (κ3) is 4.82. The fourth-order valence-corrected chi connectivity index (χ4v) is 4.08. The zero-order valence-electron chi connectivity index (χ0n) is 19.4. The first-order valence-corrected chi connectivity index (χ1v) is 11.3. The number of nitrogens with one attached hydrogen (secondary N) is 2. The summed E-state index contributed by atoms with van der Waals surface area (Å²) < 4.78 is 31.7. The van der Waals surface area contributed by atoms with E-state index < -0.39 is 0 Å². The van der Waals surface area contributed by atoms with E-state index in [9.17, 15) is 9.18 Å². The number of benzene rings is 2. The molecule has 0 aliphatic carbocycles. The lowest BCUT2D eigenvalue weighted by Crippen LogP contribution is -2.49. The Morgan fingerprint density at radius 3 is 2.70 bits per heavy atom. The highest BCUT2D eigenvalue weighted by Gasteiger charge is 2.27. The number of morpholine rings is 1. The van der Waals surface area contributed by atoms with Crippen LogP contribution in [-0.2, 0) is 4.74 Å². The number of ether oxygens (including phenoxy) is 2. The molecule has 0 spiro atoms. The first-order chi connectivity index (χ1) is 15.9. The number of nitrogens with zero attached hydrogens (tertiary/aromatic N) is 1. The molecule has 3 aromatic rings. The minimum absolute atomic E-state index is 0.0567. The number of fused-ring (bicyclic) bond motifs is 1. The van der Waals surface area contributed by atoms with Crippen LogP contribution < -0.4 is 20.3 Å². The molecule has 2 aromatic carbocycles. The molecule has 0 bridgehead atoms. The molecule has 0 saturated carbocycles. The van der Waals surface area contributed by atoms with Crippen molar-refractivity contribution < 1.29 is 23.1 Å². The summed E-state index contributed by atoms with van der Waals surface area (Å²) in [6.07, 6.45) is -0.141. The summed E-state index contributed by atoms with van der Waals surface area (Å²) in [6, 6.07) is 9.70. The number of anilines is 1. The Morgan fingerprint density at radius 2 is 2.03 bits per heavy atom. The van der Waals surface area contributed by atoms with Gasteiger partial charge in [0.15, 0.2) is 0 Å². The molecular weight excluding hydrogens is 425 g/mol. The van der Waals surface area contributed by atoms with E-state index in [0.29, 0.717) is 53.3 Å². The molecule has 4 rings (SSSR count). The van der Waals surface area contributed by atoms with Gasteiger partial charge in [0.05, 0.1) is 30.5 Å². The maximum atomic E-state index is 13.5. The van der Waals surface area contributed by atoms with Crippen LogP contribution in [0.1, 0.15) is 31.1 Å². The summed E-state index contributed by atoms with van der Waals surface area (Å²) in [5.74, 6) is 0.430. The van der Waals surface area contributed by atoms with Gasteiger partial charge in [0, 0.05) is 30.6 Å². The van der Waals surface area contributed by atoms with Crippen molar-refractivity contribution in [3.8, 4) is 17.1 Å². The minimum Gasteiger partial charge on any atom is -0.489 e. The molecular formula is C25H30FN3O4. The highest BCUT2D eigenvalue weighted by atomic mass is 19.1. The molecule has 7 nitrogen and oxygen atoms in total. The fourth-order valence-electron chi connectivity index (χ4n) is 4.08. The highest BCUT2D eigenvalue weighted by molar-refractivity contribution is 6.12. The lowest BCUT2D eigenvalue weighted by molar-refractivity contribution is 0.0193. The predicted molar refractivity (Wildman–Crippen MR) is 126 cm³/mol. The number of rotatable bonds is 7. The summed E-state index contributed by atoms with van der Waals surface area (Å²) in [6.45, 7) is 8.72. The van der Waals surface area contributed by atoms with Crippen molar-refractivity contribution in [2.24, 2.45) is 0 Å². The van der Waals surface area contributed by atoms with E-state index in [2.05, 4.69) is 15.5 Å². The first kappa shape index (κ1) is 23.1. The molecule has 1 unspecified atom stereocenters. The molecule has 1 amide bonds. The maximum Gasteiger partial charge on any atom is 0.255 e. The number of halogens is 1. The van der Waals surface area contributed by atoms with Gasteiger partial charge in [-0.3, -0.25) is 10.1 Å². The average Bonchev–Trinajstić information content (AvgIpc) is 3.17. The van der Waals surface area contributed by atoms with Gasteiger partial charge in [-0.05, 0) is 50.7 Å². The fraction of sp³-hybridized carbons (Fsp3) is 0.400. The van der Waals surface area contributed by atoms with Crippen LogP contribution >= 0.6 is 0 Å². The van der Waals surface area contributed by atoms with Gasteiger partial charge in [0.2, 0.25) is 0 Å². The average molecular weight is 456 g/mol. The second-order valence-corrected chi connectivity index (χ2v) is 8.24. The quantitative estimate of drug-likeness (QED) is 0.557. The van der Waals surface area contributed by atoms with Gasteiger partial charge >= 0.3 is 0 Å². The molecule has 1 atom stereocenters. The number of carbonyl (C=O) groups is 1. The lowest BCUT2D eigenvalue weighted by atomic mass is 10.0. The lowest BCUT2D eigenvalue weighted by Gasteiger charge is -2.35. The normalized spacial score (nSPS) is 16.4. The summed E-state index contributed by atoms with van der Waals surface area (Å²) in [7, 11) is 1.57. The zero-order valence-corrected chi connectivity index (χ0v) is 19.4. The molecule has 2 N–H and O–H groups in total. The van der Waals surface area contributed by atoms with E-state index in [-0.39, 0.29) is 24.1 Å². The Labute approximate surface area is 192 Å². The Bertz CT molecular complexity index is 1120. The first-order valence-electron chi connectivity index (χ1n) is 11.3. The summed E-state index contributed by atoms with van der Waals surface area (Å²) in [4.78, 5) is 15.1. The van der Waals surface area contributed by atoms with Crippen LogP contribution in [0.15, 0.2) is 40.8 Å². The van der Waals surface area contributed by atoms with E-state index in [0.717, 1.165) is 12.2 Å². The van der Waals surface area contributed by atoms with Crippen LogP contribution in [0, 0.1) is 5.82 Å². The molecule has 8 heteroatoms. The Morgan fingerprint density at radius 1 is 1.27 bits per heavy atom. The highest BCUT2D eigenvalue weighted by Crippen LogP contribution is 2.41. The SMILES string of the molecule is CCNC1CN(c2cc3oc(-c4ccc(F)cc4)c(C(=O)NC)c3cc2OC(C)C)CCO1. The third-order valence-electron chi connectivity index (χ3n) is 5.53. The minimum atomic E-state index is -0.353. The summed E-state index contributed by atoms with van der Waals surface area (Å²) in [5, 5.41) is 6.66. The standard InChI is InChI=1S/C25H30FN3O4/c1-5-28-22-14-29(10-11-31-22)19-13-20-18(12-21(19)32-15(2)3)23(25(30)27-4)24(33-20)16-6-8-17(26)9-7-16/h6-9,12-13,15,22,28H,5,10-11,14H2,1-4H3,(H,27,30). The van der Waals surface area contributed by atoms with E-state index in [1.807, 2.05) is 32.9 Å². The summed E-state index contributed by atoms with van der Waals surface area (Å²) in [5.41, 5.74) is 2.46. The monoisotopic (exact) mass is 455 g/mol. The Balaban J connectivity index is 1.87. The number of furan rings is 1. The van der Waals surface area contributed by atoms with Crippen molar-refractivity contribution >= 4 is 22.6 Å². The van der Waals surface area contributed by atoms with Crippen molar-refractivity contribution in [1.29, 1.82) is 0 Å². The molecule has 1 saturated heterocycles. The Kier molecular flexibility index (Phi) is 6.85. The van der Waals surface area contributed by atoms with Gasteiger partial charge in [-0.15, -0.1) is 0 Å². The van der Waals surface area contributed by atoms with E-state index in [1.165, 1.54) is 12.1 Å². The maximum absolute atomic E-state index is 13.5. The number of carbonyl (C=O) groups excluding carboxylic acids is 1. The van der Waals surface area contributed by atoms with Gasteiger partial charge in [-0.2, -0.15) is 0 Å². The number of amides is 1. The van der Waals surface area contributed by atoms with Gasteiger partial charge < -0.3 is 24.1 Å². The Hall–Kier alpha value is -3.10. The van der Waals surface area contributed by atoms with Gasteiger partial charge in [0.25, 0.3) is 5.91 Å². The molecule has 1 aliphatic rings. The van der Waals surface area contributed by atoms with Crippen LogP contribution in [0.5, 0.6) is 5.75 Å². The van der Waals surface area contributed by atoms with E-state index in [1.54, 1.807) is 19.2 Å². The molecule has 1 aromatic heterocycles. The van der Waals surface area contributed by atoms with Crippen LogP contribution in [0.4, 0.5) is 10.1 Å².